The molecule has 1 unspecified atom stereocenters. The number of amides is 1. The Balaban J connectivity index is 1.13. The first-order valence-corrected chi connectivity index (χ1v) is 12.8. The second-order valence-corrected chi connectivity index (χ2v) is 9.70. The number of rotatable bonds is 9. The van der Waals surface area contributed by atoms with E-state index in [1.165, 1.54) is 11.1 Å². The van der Waals surface area contributed by atoms with Gasteiger partial charge in [-0.15, -0.1) is 0 Å². The van der Waals surface area contributed by atoms with Gasteiger partial charge in [0, 0.05) is 58.4 Å². The molecule has 0 spiro atoms. The number of methoxy groups -OCH3 is 1. The fourth-order valence-corrected chi connectivity index (χ4v) is 5.02. The number of nitrogens with zero attached hydrogens (tertiary/aromatic N) is 3. The molecule has 4 rings (SSSR count). The summed E-state index contributed by atoms with van der Waals surface area (Å²) >= 11 is 0. The van der Waals surface area contributed by atoms with Crippen LogP contribution in [0.25, 0.3) is 0 Å². The SMILES string of the molecule is COc1ccc(CCN2CCN(C(C)C(=O)NC3CCN(Cc4ccccc4)CC3)CC2)cc1. The van der Waals surface area contributed by atoms with E-state index in [4.69, 9.17) is 4.74 Å². The average Bonchev–Trinajstić information content (AvgIpc) is 2.89. The van der Waals surface area contributed by atoms with E-state index in [0.717, 1.165) is 77.4 Å². The molecule has 6 nitrogen and oxygen atoms in total. The van der Waals surface area contributed by atoms with Crippen LogP contribution in [-0.2, 0) is 17.8 Å². The van der Waals surface area contributed by atoms with Gasteiger partial charge in [-0.25, -0.2) is 0 Å². The maximum Gasteiger partial charge on any atom is 0.237 e. The molecular weight excluding hydrogens is 424 g/mol. The van der Waals surface area contributed by atoms with E-state index in [0.29, 0.717) is 6.04 Å². The van der Waals surface area contributed by atoms with Crippen LogP contribution in [0.1, 0.15) is 30.9 Å². The molecule has 2 aromatic rings. The van der Waals surface area contributed by atoms with E-state index in [2.05, 4.69) is 69.4 Å². The summed E-state index contributed by atoms with van der Waals surface area (Å²) in [5, 5.41) is 3.34. The molecule has 0 radical (unpaired) electrons. The van der Waals surface area contributed by atoms with Crippen LogP contribution in [0.4, 0.5) is 0 Å². The van der Waals surface area contributed by atoms with Crippen molar-refractivity contribution in [1.29, 1.82) is 0 Å². The molecule has 184 valence electrons. The van der Waals surface area contributed by atoms with Gasteiger partial charge in [0.25, 0.3) is 0 Å². The maximum atomic E-state index is 12.9. The lowest BCUT2D eigenvalue weighted by Crippen LogP contribution is -2.56. The number of piperidine rings is 1. The Morgan fingerprint density at radius 3 is 2.24 bits per heavy atom. The number of carbonyl (C=O) groups excluding carboxylic acids is 1. The zero-order chi connectivity index (χ0) is 23.8. The van der Waals surface area contributed by atoms with Crippen molar-refractivity contribution in [3.63, 3.8) is 0 Å². The molecule has 2 saturated heterocycles. The van der Waals surface area contributed by atoms with Gasteiger partial charge in [0.15, 0.2) is 0 Å². The van der Waals surface area contributed by atoms with Crippen molar-refractivity contribution in [2.24, 2.45) is 0 Å². The van der Waals surface area contributed by atoms with Gasteiger partial charge in [0.05, 0.1) is 13.2 Å². The van der Waals surface area contributed by atoms with Crippen molar-refractivity contribution in [2.45, 2.75) is 44.8 Å². The Morgan fingerprint density at radius 2 is 1.59 bits per heavy atom. The highest BCUT2D eigenvalue weighted by Gasteiger charge is 2.28. The molecule has 2 fully saturated rings. The van der Waals surface area contributed by atoms with Crippen molar-refractivity contribution in [3.8, 4) is 5.75 Å². The first-order valence-electron chi connectivity index (χ1n) is 12.8. The Labute approximate surface area is 204 Å². The molecule has 2 aliphatic heterocycles. The highest BCUT2D eigenvalue weighted by molar-refractivity contribution is 5.81. The summed E-state index contributed by atoms with van der Waals surface area (Å²) in [6.45, 7) is 10.1. The zero-order valence-electron chi connectivity index (χ0n) is 20.8. The van der Waals surface area contributed by atoms with Crippen molar-refractivity contribution in [3.05, 3.63) is 65.7 Å². The van der Waals surface area contributed by atoms with Crippen molar-refractivity contribution in [1.82, 2.24) is 20.0 Å². The van der Waals surface area contributed by atoms with Crippen LogP contribution in [0.5, 0.6) is 5.75 Å². The van der Waals surface area contributed by atoms with Gasteiger partial charge in [0.2, 0.25) is 5.91 Å². The molecule has 1 N–H and O–H groups in total. The monoisotopic (exact) mass is 464 g/mol. The minimum Gasteiger partial charge on any atom is -0.497 e. The van der Waals surface area contributed by atoms with E-state index < -0.39 is 0 Å². The number of piperazine rings is 1. The molecule has 1 atom stereocenters. The lowest BCUT2D eigenvalue weighted by atomic mass is 10.0. The fourth-order valence-electron chi connectivity index (χ4n) is 5.02. The van der Waals surface area contributed by atoms with Crippen LogP contribution in [0.3, 0.4) is 0 Å². The Morgan fingerprint density at radius 1 is 0.912 bits per heavy atom. The van der Waals surface area contributed by atoms with Crippen molar-refractivity contribution in [2.75, 3.05) is 52.9 Å². The van der Waals surface area contributed by atoms with E-state index in [-0.39, 0.29) is 11.9 Å². The lowest BCUT2D eigenvalue weighted by Gasteiger charge is -2.38. The van der Waals surface area contributed by atoms with E-state index in [1.54, 1.807) is 7.11 Å². The van der Waals surface area contributed by atoms with Crippen molar-refractivity contribution < 1.29 is 9.53 Å². The Hall–Kier alpha value is -2.41. The smallest absolute Gasteiger partial charge is 0.237 e. The highest BCUT2D eigenvalue weighted by Crippen LogP contribution is 2.16. The molecule has 0 saturated carbocycles. The highest BCUT2D eigenvalue weighted by atomic mass is 16.5. The number of ether oxygens (including phenoxy) is 1. The largest absolute Gasteiger partial charge is 0.497 e. The summed E-state index contributed by atoms with van der Waals surface area (Å²) in [4.78, 5) is 20.3. The van der Waals surface area contributed by atoms with Crippen LogP contribution in [0.15, 0.2) is 54.6 Å². The van der Waals surface area contributed by atoms with Gasteiger partial charge in [0.1, 0.15) is 5.75 Å². The minimum absolute atomic E-state index is 0.0638. The third kappa shape index (κ3) is 7.05. The predicted octanol–water partition coefficient (Wildman–Crippen LogP) is 3.02. The van der Waals surface area contributed by atoms with Crippen LogP contribution in [0.2, 0.25) is 0 Å². The summed E-state index contributed by atoms with van der Waals surface area (Å²) in [6.07, 6.45) is 3.11. The van der Waals surface area contributed by atoms with Crippen LogP contribution in [-0.4, -0.2) is 85.6 Å². The quantitative estimate of drug-likeness (QED) is 0.618. The number of carbonyl (C=O) groups is 1. The summed E-state index contributed by atoms with van der Waals surface area (Å²) < 4.78 is 5.24. The standard InChI is InChI=1S/C28H40N4O2/c1-23(28(33)29-26-13-16-31(17-14-26)22-25-6-4-3-5-7-25)32-20-18-30(19-21-32)15-12-24-8-10-27(34-2)11-9-24/h3-11,23,26H,12-22H2,1-2H3,(H,29,33). The van der Waals surface area contributed by atoms with Crippen LogP contribution < -0.4 is 10.1 Å². The van der Waals surface area contributed by atoms with Gasteiger partial charge in [-0.3, -0.25) is 14.6 Å². The normalized spacial score (nSPS) is 19.6. The van der Waals surface area contributed by atoms with Crippen molar-refractivity contribution >= 4 is 5.91 Å². The first kappa shape index (κ1) is 24.7. The van der Waals surface area contributed by atoms with Gasteiger partial charge in [-0.05, 0) is 49.4 Å². The van der Waals surface area contributed by atoms with Gasteiger partial charge >= 0.3 is 0 Å². The molecular formula is C28H40N4O2. The summed E-state index contributed by atoms with van der Waals surface area (Å²) in [6, 6.07) is 19.2. The number of hydrogen-bond acceptors (Lipinski definition) is 5. The molecule has 2 aromatic carbocycles. The molecule has 1 amide bonds. The second-order valence-electron chi connectivity index (χ2n) is 9.70. The molecule has 2 heterocycles. The maximum absolute atomic E-state index is 12.9. The number of nitrogens with one attached hydrogen (secondary N) is 1. The molecule has 0 aromatic heterocycles. The third-order valence-corrected chi connectivity index (χ3v) is 7.39. The zero-order valence-corrected chi connectivity index (χ0v) is 20.8. The Bertz CT molecular complexity index is 873. The first-order chi connectivity index (χ1) is 16.6. The molecule has 6 heteroatoms. The lowest BCUT2D eigenvalue weighted by molar-refractivity contribution is -0.127. The molecule has 0 aliphatic carbocycles. The van der Waals surface area contributed by atoms with Crippen LogP contribution >= 0.6 is 0 Å². The van der Waals surface area contributed by atoms with E-state index in [1.807, 2.05) is 12.1 Å². The van der Waals surface area contributed by atoms with Gasteiger partial charge in [-0.1, -0.05) is 42.5 Å². The fraction of sp³-hybridized carbons (Fsp3) is 0.536. The molecule has 2 aliphatic rings. The average molecular weight is 465 g/mol. The third-order valence-electron chi connectivity index (χ3n) is 7.39. The minimum atomic E-state index is -0.0638. The van der Waals surface area contributed by atoms with E-state index >= 15 is 0 Å². The number of hydrogen-bond donors (Lipinski definition) is 1. The molecule has 34 heavy (non-hydrogen) atoms. The predicted molar refractivity (Wildman–Crippen MR) is 137 cm³/mol. The van der Waals surface area contributed by atoms with E-state index in [9.17, 15) is 4.79 Å². The number of benzene rings is 2. The summed E-state index contributed by atoms with van der Waals surface area (Å²) in [5.41, 5.74) is 2.70. The van der Waals surface area contributed by atoms with Crippen LogP contribution in [0, 0.1) is 0 Å². The number of likely N-dealkylation sites (tertiary alicyclic amines) is 1. The Kier molecular flexibility index (Phi) is 8.97. The second kappa shape index (κ2) is 12.3. The van der Waals surface area contributed by atoms with Gasteiger partial charge < -0.3 is 15.0 Å². The van der Waals surface area contributed by atoms with Gasteiger partial charge in [-0.2, -0.15) is 0 Å². The topological polar surface area (TPSA) is 48.1 Å². The summed E-state index contributed by atoms with van der Waals surface area (Å²) in [7, 11) is 1.70. The summed E-state index contributed by atoms with van der Waals surface area (Å²) in [5.74, 6) is 1.09. The molecule has 0 bridgehead atoms.